The van der Waals surface area contributed by atoms with Gasteiger partial charge in [-0.25, -0.2) is 0 Å². The van der Waals surface area contributed by atoms with Crippen LogP contribution in [0.15, 0.2) is 132 Å². The van der Waals surface area contributed by atoms with E-state index in [1.54, 1.807) is 0 Å². The fourth-order valence-corrected chi connectivity index (χ4v) is 6.78. The van der Waals surface area contributed by atoms with Gasteiger partial charge in [-0.2, -0.15) is 4.58 Å². The first kappa shape index (κ1) is 27.0. The van der Waals surface area contributed by atoms with E-state index in [1.165, 1.54) is 68.8 Å². The van der Waals surface area contributed by atoms with Crippen molar-refractivity contribution in [1.29, 1.82) is 0 Å². The Balaban J connectivity index is 1.54. The van der Waals surface area contributed by atoms with Gasteiger partial charge < -0.3 is 4.90 Å². The molecule has 0 aromatic heterocycles. The zero-order valence-electron chi connectivity index (χ0n) is 24.9. The van der Waals surface area contributed by atoms with Gasteiger partial charge in [0.15, 0.2) is 0 Å². The molecule has 0 spiro atoms. The van der Waals surface area contributed by atoms with Crippen molar-refractivity contribution >= 4 is 33.5 Å². The summed E-state index contributed by atoms with van der Waals surface area (Å²) in [4.78, 5) is 2.60. The van der Waals surface area contributed by atoms with Crippen molar-refractivity contribution in [3.63, 3.8) is 0 Å². The minimum absolute atomic E-state index is 0.0955. The van der Waals surface area contributed by atoms with Crippen LogP contribution in [0, 0.1) is 0 Å². The van der Waals surface area contributed by atoms with E-state index in [4.69, 9.17) is 0 Å². The highest BCUT2D eigenvalue weighted by Gasteiger charge is 2.41. The molecule has 0 saturated heterocycles. The molecule has 0 unspecified atom stereocenters. The number of unbranched alkanes of at least 4 members (excludes halogenated alkanes) is 1. The van der Waals surface area contributed by atoms with Crippen molar-refractivity contribution in [2.45, 2.75) is 58.8 Å². The van der Waals surface area contributed by atoms with E-state index in [0.29, 0.717) is 0 Å². The van der Waals surface area contributed by atoms with Crippen LogP contribution in [0.5, 0.6) is 0 Å². The highest BCUT2D eigenvalue weighted by Crippen LogP contribution is 2.51. The van der Waals surface area contributed by atoms with E-state index in [2.05, 4.69) is 152 Å². The normalized spacial score (nSPS) is 19.1. The third kappa shape index (κ3) is 4.86. The van der Waals surface area contributed by atoms with Crippen LogP contribution in [-0.4, -0.2) is 12.3 Å². The van der Waals surface area contributed by atoms with Gasteiger partial charge in [0.1, 0.15) is 0 Å². The number of hydrogen-bond acceptors (Lipinski definition) is 1. The van der Waals surface area contributed by atoms with Crippen molar-refractivity contribution < 1.29 is 0 Å². The van der Waals surface area contributed by atoms with Gasteiger partial charge in [0.25, 0.3) is 0 Å². The van der Waals surface area contributed by atoms with Gasteiger partial charge in [0.05, 0.1) is 0 Å². The average molecular weight is 538 g/mol. The molecule has 4 aromatic carbocycles. The second kappa shape index (κ2) is 11.4. The number of hydrogen-bond donors (Lipinski definition) is 0. The highest BCUT2D eigenvalue weighted by molar-refractivity contribution is 6.17. The van der Waals surface area contributed by atoms with Crippen molar-refractivity contribution in [3.05, 3.63) is 138 Å². The molecule has 0 atom stereocenters. The SMILES string of the molecule is CC=C1CCC(=CC=C2N(CCCC)c3ccc4ccccc4c3C2(C)C)C1=[N+](c1ccccc1)c1ccccc1. The minimum atomic E-state index is -0.0955. The number of fused-ring (bicyclic) bond motifs is 3. The molecule has 2 aliphatic rings. The summed E-state index contributed by atoms with van der Waals surface area (Å²) in [5, 5.41) is 2.69. The lowest BCUT2D eigenvalue weighted by atomic mass is 9.81. The van der Waals surface area contributed by atoms with E-state index in [1.807, 2.05) is 0 Å². The second-order valence-electron chi connectivity index (χ2n) is 11.7. The first-order valence-corrected chi connectivity index (χ1v) is 15.2. The summed E-state index contributed by atoms with van der Waals surface area (Å²) >= 11 is 0. The molecule has 0 radical (unpaired) electrons. The van der Waals surface area contributed by atoms with E-state index >= 15 is 0 Å². The van der Waals surface area contributed by atoms with Gasteiger partial charge in [-0.15, -0.1) is 0 Å². The Labute approximate surface area is 245 Å². The summed E-state index contributed by atoms with van der Waals surface area (Å²) in [5.41, 5.74) is 10.6. The first-order valence-electron chi connectivity index (χ1n) is 15.2. The molecule has 2 nitrogen and oxygen atoms in total. The van der Waals surface area contributed by atoms with Gasteiger partial charge in [-0.05, 0) is 54.7 Å². The van der Waals surface area contributed by atoms with Crippen LogP contribution < -0.4 is 9.48 Å². The van der Waals surface area contributed by atoms with Crippen LogP contribution >= 0.6 is 0 Å². The minimum Gasteiger partial charge on any atom is -0.344 e. The summed E-state index contributed by atoms with van der Waals surface area (Å²) in [5.74, 6) is 0. The lowest BCUT2D eigenvalue weighted by Crippen LogP contribution is -2.27. The number of rotatable bonds is 6. The number of allylic oxidation sites excluding steroid dienone is 6. The van der Waals surface area contributed by atoms with Crippen LogP contribution in [0.3, 0.4) is 0 Å². The molecule has 1 saturated carbocycles. The summed E-state index contributed by atoms with van der Waals surface area (Å²) in [6.45, 7) is 10.3. The van der Waals surface area contributed by atoms with Crippen LogP contribution in [0.1, 0.15) is 58.9 Å². The summed E-state index contributed by atoms with van der Waals surface area (Å²) in [6, 6.07) is 35.1. The van der Waals surface area contributed by atoms with Crippen LogP contribution in [-0.2, 0) is 5.41 Å². The molecule has 1 aliphatic heterocycles. The number of anilines is 1. The third-order valence-electron chi connectivity index (χ3n) is 8.80. The van der Waals surface area contributed by atoms with E-state index in [-0.39, 0.29) is 5.41 Å². The fourth-order valence-electron chi connectivity index (χ4n) is 6.78. The zero-order chi connectivity index (χ0) is 28.4. The maximum absolute atomic E-state index is 2.60. The van der Waals surface area contributed by atoms with Crippen molar-refractivity contribution in [1.82, 2.24) is 4.58 Å². The van der Waals surface area contributed by atoms with Gasteiger partial charge in [-0.1, -0.05) is 106 Å². The van der Waals surface area contributed by atoms with E-state index in [0.717, 1.165) is 19.4 Å². The predicted octanol–water partition coefficient (Wildman–Crippen LogP) is 10.3. The molecule has 6 rings (SSSR count). The smallest absolute Gasteiger partial charge is 0.217 e. The maximum Gasteiger partial charge on any atom is 0.217 e. The molecular weight excluding hydrogens is 496 g/mol. The van der Waals surface area contributed by atoms with Gasteiger partial charge in [-0.3, -0.25) is 0 Å². The third-order valence-corrected chi connectivity index (χ3v) is 8.80. The van der Waals surface area contributed by atoms with Crippen LogP contribution in [0.4, 0.5) is 17.1 Å². The molecular formula is C39H41N2+. The number of benzene rings is 4. The Bertz CT molecular complexity index is 1640. The molecule has 41 heavy (non-hydrogen) atoms. The molecule has 1 aliphatic carbocycles. The van der Waals surface area contributed by atoms with Crippen LogP contribution in [0.25, 0.3) is 10.8 Å². The lowest BCUT2D eigenvalue weighted by molar-refractivity contribution is 0.628. The van der Waals surface area contributed by atoms with Gasteiger partial charge in [0.2, 0.25) is 17.1 Å². The standard InChI is InChI=1S/C39H41N2/c1-5-7-28-40-35-26-24-30-16-14-15-21-34(30)37(35)39(3,4)36(40)27-25-31-23-22-29(6-2)38(31)41(32-17-10-8-11-18-32)33-19-12-9-13-20-33/h6,8-21,24-27H,5,7,22-23,28H2,1-4H3/q+1. The molecule has 0 N–H and O–H groups in total. The van der Waals surface area contributed by atoms with Crippen LogP contribution in [0.2, 0.25) is 0 Å². The molecule has 0 amide bonds. The molecule has 1 fully saturated rings. The molecule has 1 heterocycles. The molecule has 2 heteroatoms. The zero-order valence-corrected chi connectivity index (χ0v) is 24.9. The largest absolute Gasteiger partial charge is 0.344 e. The lowest BCUT2D eigenvalue weighted by Gasteiger charge is -2.27. The molecule has 4 aromatic rings. The first-order chi connectivity index (χ1) is 20.0. The highest BCUT2D eigenvalue weighted by atomic mass is 15.2. The second-order valence-corrected chi connectivity index (χ2v) is 11.7. The molecule has 206 valence electrons. The Morgan fingerprint density at radius 1 is 0.756 bits per heavy atom. The summed E-state index contributed by atoms with van der Waals surface area (Å²) < 4.78 is 2.45. The fraction of sp³-hybridized carbons (Fsp3) is 0.256. The summed E-state index contributed by atoms with van der Waals surface area (Å²) in [6.07, 6.45) is 11.6. The van der Waals surface area contributed by atoms with Crippen molar-refractivity contribution in [2.24, 2.45) is 0 Å². The summed E-state index contributed by atoms with van der Waals surface area (Å²) in [7, 11) is 0. The van der Waals surface area contributed by atoms with Gasteiger partial charge >= 0.3 is 0 Å². The van der Waals surface area contributed by atoms with Gasteiger partial charge in [0, 0.05) is 58.8 Å². The van der Waals surface area contributed by atoms with E-state index < -0.39 is 0 Å². The van der Waals surface area contributed by atoms with E-state index in [9.17, 15) is 0 Å². The number of para-hydroxylation sites is 2. The Morgan fingerprint density at radius 2 is 1.39 bits per heavy atom. The Morgan fingerprint density at radius 3 is 2.05 bits per heavy atom. The maximum atomic E-state index is 2.60. The Hall–Kier alpha value is -4.17. The Kier molecular flexibility index (Phi) is 7.49. The predicted molar refractivity (Wildman–Crippen MR) is 178 cm³/mol. The van der Waals surface area contributed by atoms with Crippen molar-refractivity contribution in [3.8, 4) is 0 Å². The van der Waals surface area contributed by atoms with Crippen molar-refractivity contribution in [2.75, 3.05) is 11.4 Å². The quantitative estimate of drug-likeness (QED) is 0.222. The number of nitrogens with zero attached hydrogens (tertiary/aromatic N) is 2. The monoisotopic (exact) mass is 537 g/mol. The topological polar surface area (TPSA) is 6.25 Å². The molecule has 0 bridgehead atoms. The average Bonchev–Trinajstić information content (AvgIpc) is 3.51.